The van der Waals surface area contributed by atoms with Gasteiger partial charge in [-0.15, -0.1) is 0 Å². The van der Waals surface area contributed by atoms with Crippen molar-refractivity contribution in [1.82, 2.24) is 9.62 Å². The number of sulfonamides is 1. The SMILES string of the molecule is O=C(Nc1ccc(S(=O)(=O)NC2=NCCCCC2)cc1)C(Cc1ccccc1)N1C(=O)c2ccccc2C1=O. The van der Waals surface area contributed by atoms with Crippen LogP contribution in [0.1, 0.15) is 52.0 Å². The topological polar surface area (TPSA) is 125 Å². The molecule has 2 N–H and O–H groups in total. The molecule has 0 aliphatic carbocycles. The largest absolute Gasteiger partial charge is 0.324 e. The monoisotopic (exact) mass is 544 g/mol. The molecule has 0 fully saturated rings. The van der Waals surface area contributed by atoms with Crippen LogP contribution < -0.4 is 10.0 Å². The first kappa shape index (κ1) is 26.3. The summed E-state index contributed by atoms with van der Waals surface area (Å²) in [5, 5.41) is 2.75. The van der Waals surface area contributed by atoms with Gasteiger partial charge >= 0.3 is 0 Å². The number of hydrogen-bond acceptors (Lipinski definition) is 6. The van der Waals surface area contributed by atoms with E-state index >= 15 is 0 Å². The normalized spacial score (nSPS) is 16.2. The van der Waals surface area contributed by atoms with Crippen LogP contribution in [0.15, 0.2) is 88.8 Å². The lowest BCUT2D eigenvalue weighted by Gasteiger charge is -2.25. The van der Waals surface area contributed by atoms with E-state index in [2.05, 4.69) is 15.0 Å². The summed E-state index contributed by atoms with van der Waals surface area (Å²) >= 11 is 0. The van der Waals surface area contributed by atoms with Gasteiger partial charge in [0.2, 0.25) is 5.91 Å². The Morgan fingerprint density at radius 2 is 1.49 bits per heavy atom. The van der Waals surface area contributed by atoms with E-state index in [1.807, 2.05) is 30.3 Å². The lowest BCUT2D eigenvalue weighted by atomic mass is 10.0. The van der Waals surface area contributed by atoms with Crippen molar-refractivity contribution in [3.63, 3.8) is 0 Å². The predicted octanol–water partition coefficient (Wildman–Crippen LogP) is 3.78. The Hall–Kier alpha value is -4.31. The highest BCUT2D eigenvalue weighted by molar-refractivity contribution is 7.90. The second-order valence-electron chi connectivity index (χ2n) is 9.49. The molecule has 9 nitrogen and oxygen atoms in total. The van der Waals surface area contributed by atoms with Gasteiger partial charge in [0.15, 0.2) is 0 Å². The third-order valence-electron chi connectivity index (χ3n) is 6.77. The molecule has 10 heteroatoms. The number of amides is 3. The highest BCUT2D eigenvalue weighted by atomic mass is 32.2. The summed E-state index contributed by atoms with van der Waals surface area (Å²) in [7, 11) is -3.83. The smallest absolute Gasteiger partial charge is 0.262 e. The molecule has 0 aromatic heterocycles. The molecule has 0 spiro atoms. The Morgan fingerprint density at radius 3 is 2.15 bits per heavy atom. The molecule has 2 aliphatic rings. The zero-order chi connectivity index (χ0) is 27.4. The number of amidine groups is 1. The molecule has 200 valence electrons. The second kappa shape index (κ2) is 11.2. The Balaban J connectivity index is 1.35. The van der Waals surface area contributed by atoms with Crippen LogP contribution in [0.2, 0.25) is 0 Å². The van der Waals surface area contributed by atoms with Crippen LogP contribution in [0.3, 0.4) is 0 Å². The number of carbonyl (C=O) groups excluding carboxylic acids is 3. The van der Waals surface area contributed by atoms with Crippen molar-refractivity contribution in [2.45, 2.75) is 43.0 Å². The number of nitrogens with one attached hydrogen (secondary N) is 2. The Kier molecular flexibility index (Phi) is 7.56. The van der Waals surface area contributed by atoms with E-state index in [-0.39, 0.29) is 22.4 Å². The minimum Gasteiger partial charge on any atom is -0.324 e. The van der Waals surface area contributed by atoms with Crippen molar-refractivity contribution in [3.05, 3.63) is 95.6 Å². The van der Waals surface area contributed by atoms with Gasteiger partial charge in [-0.1, -0.05) is 48.9 Å². The van der Waals surface area contributed by atoms with Gasteiger partial charge in [0, 0.05) is 25.1 Å². The number of nitrogens with zero attached hydrogens (tertiary/aromatic N) is 2. The lowest BCUT2D eigenvalue weighted by Crippen LogP contribution is -2.48. The van der Waals surface area contributed by atoms with E-state index in [0.717, 1.165) is 29.7 Å². The maximum absolute atomic E-state index is 13.5. The summed E-state index contributed by atoms with van der Waals surface area (Å²) < 4.78 is 28.3. The van der Waals surface area contributed by atoms with E-state index in [1.165, 1.54) is 24.3 Å². The van der Waals surface area contributed by atoms with Crippen molar-refractivity contribution in [2.24, 2.45) is 4.99 Å². The number of anilines is 1. The van der Waals surface area contributed by atoms with Gasteiger partial charge < -0.3 is 5.32 Å². The Bertz CT molecular complexity index is 1500. The van der Waals surface area contributed by atoms with E-state index in [1.54, 1.807) is 24.3 Å². The van der Waals surface area contributed by atoms with Gasteiger partial charge in [0.25, 0.3) is 21.8 Å². The standard InChI is InChI=1S/C29H28N4O5S/c34-27(31-21-14-16-22(17-15-21)39(37,38)32-26-13-5-2-8-18-30-26)25(19-20-9-3-1-4-10-20)33-28(35)23-11-6-7-12-24(23)29(33)36/h1,3-4,6-7,9-12,14-17,25H,2,5,8,13,18-19H2,(H,30,32)(H,31,34). The predicted molar refractivity (Wildman–Crippen MR) is 147 cm³/mol. The van der Waals surface area contributed by atoms with E-state index < -0.39 is 33.8 Å². The van der Waals surface area contributed by atoms with Crippen LogP contribution in [-0.4, -0.2) is 49.5 Å². The van der Waals surface area contributed by atoms with Crippen LogP contribution in [0, 0.1) is 0 Å². The van der Waals surface area contributed by atoms with Gasteiger partial charge in [-0.3, -0.25) is 29.0 Å². The van der Waals surface area contributed by atoms with Crippen molar-refractivity contribution in [2.75, 3.05) is 11.9 Å². The molecule has 1 atom stereocenters. The zero-order valence-corrected chi connectivity index (χ0v) is 22.0. The Labute approximate surface area is 227 Å². The molecule has 2 heterocycles. The number of hydrogen-bond donors (Lipinski definition) is 2. The molecule has 3 amide bonds. The van der Waals surface area contributed by atoms with Crippen LogP contribution in [0.4, 0.5) is 5.69 Å². The molecule has 39 heavy (non-hydrogen) atoms. The van der Waals surface area contributed by atoms with Crippen molar-refractivity contribution < 1.29 is 22.8 Å². The first-order valence-electron chi connectivity index (χ1n) is 12.8. The molecule has 1 unspecified atom stereocenters. The fraction of sp³-hybridized carbons (Fsp3) is 0.241. The van der Waals surface area contributed by atoms with Gasteiger partial charge in [0.05, 0.1) is 16.0 Å². The van der Waals surface area contributed by atoms with Crippen molar-refractivity contribution in [1.29, 1.82) is 0 Å². The summed E-state index contributed by atoms with van der Waals surface area (Å²) in [6.45, 7) is 0.597. The summed E-state index contributed by atoms with van der Waals surface area (Å²) in [6.07, 6.45) is 3.52. The maximum Gasteiger partial charge on any atom is 0.262 e. The zero-order valence-electron chi connectivity index (χ0n) is 21.2. The molecule has 0 saturated carbocycles. The lowest BCUT2D eigenvalue weighted by molar-refractivity contribution is -0.119. The highest BCUT2D eigenvalue weighted by Gasteiger charge is 2.42. The number of aliphatic imine (C=N–C) groups is 1. The molecule has 2 aliphatic heterocycles. The summed E-state index contributed by atoms with van der Waals surface area (Å²) in [5.74, 6) is -1.16. The minimum absolute atomic E-state index is 0.0358. The first-order chi connectivity index (χ1) is 18.8. The van der Waals surface area contributed by atoms with Crippen LogP contribution in [0.25, 0.3) is 0 Å². The molecular formula is C29H28N4O5S. The van der Waals surface area contributed by atoms with E-state index in [0.29, 0.717) is 24.5 Å². The van der Waals surface area contributed by atoms with Gasteiger partial charge in [0.1, 0.15) is 11.9 Å². The number of fused-ring (bicyclic) bond motifs is 1. The van der Waals surface area contributed by atoms with Crippen LogP contribution in [0.5, 0.6) is 0 Å². The van der Waals surface area contributed by atoms with Gasteiger partial charge in [-0.05, 0) is 54.8 Å². The van der Waals surface area contributed by atoms with Crippen molar-refractivity contribution in [3.8, 4) is 0 Å². The summed E-state index contributed by atoms with van der Waals surface area (Å²) in [6, 6.07) is 20.2. The average molecular weight is 545 g/mol. The Morgan fingerprint density at radius 1 is 0.846 bits per heavy atom. The van der Waals surface area contributed by atoms with Crippen LogP contribution in [-0.2, 0) is 21.2 Å². The van der Waals surface area contributed by atoms with Crippen LogP contribution >= 0.6 is 0 Å². The molecule has 5 rings (SSSR count). The molecule has 0 radical (unpaired) electrons. The summed E-state index contributed by atoms with van der Waals surface area (Å²) in [5.41, 5.74) is 1.63. The average Bonchev–Trinajstić information content (AvgIpc) is 3.08. The van der Waals surface area contributed by atoms with E-state index in [9.17, 15) is 22.8 Å². The van der Waals surface area contributed by atoms with Gasteiger partial charge in [-0.2, -0.15) is 0 Å². The van der Waals surface area contributed by atoms with Gasteiger partial charge in [-0.25, -0.2) is 8.42 Å². The molecular weight excluding hydrogens is 516 g/mol. The minimum atomic E-state index is -3.83. The molecule has 0 saturated heterocycles. The number of imide groups is 1. The summed E-state index contributed by atoms with van der Waals surface area (Å²) in [4.78, 5) is 45.2. The molecule has 3 aromatic rings. The third-order valence-corrected chi connectivity index (χ3v) is 8.17. The fourth-order valence-corrected chi connectivity index (χ4v) is 5.83. The van der Waals surface area contributed by atoms with Crippen molar-refractivity contribution >= 4 is 39.3 Å². The molecule has 0 bridgehead atoms. The number of rotatable bonds is 7. The second-order valence-corrected chi connectivity index (χ2v) is 11.2. The third kappa shape index (κ3) is 5.75. The highest BCUT2D eigenvalue weighted by Crippen LogP contribution is 2.27. The number of benzene rings is 3. The molecule has 3 aromatic carbocycles. The number of carbonyl (C=O) groups is 3. The maximum atomic E-state index is 13.5. The quantitative estimate of drug-likeness (QED) is 0.438. The van der Waals surface area contributed by atoms with E-state index in [4.69, 9.17) is 0 Å². The fourth-order valence-electron chi connectivity index (χ4n) is 4.74. The first-order valence-corrected chi connectivity index (χ1v) is 14.3.